The van der Waals surface area contributed by atoms with Crippen LogP contribution >= 0.6 is 0 Å². The molecule has 1 saturated carbocycles. The first-order valence-corrected chi connectivity index (χ1v) is 10.5. The van der Waals surface area contributed by atoms with E-state index in [1.54, 1.807) is 0 Å². The summed E-state index contributed by atoms with van der Waals surface area (Å²) in [6, 6.07) is 18.4. The average molecular weight is 389 g/mol. The normalized spacial score (nSPS) is 18.7. The molecule has 0 saturated heterocycles. The zero-order chi connectivity index (χ0) is 20.2. The van der Waals surface area contributed by atoms with E-state index in [9.17, 15) is 9.59 Å². The fraction of sp³-hybridized carbons (Fsp3) is 0.360. The van der Waals surface area contributed by atoms with E-state index in [0.29, 0.717) is 13.1 Å². The molecule has 1 fully saturated rings. The van der Waals surface area contributed by atoms with Crippen molar-refractivity contribution in [2.75, 3.05) is 0 Å². The summed E-state index contributed by atoms with van der Waals surface area (Å²) >= 11 is 0. The summed E-state index contributed by atoms with van der Waals surface area (Å²) < 4.78 is 0. The molecule has 4 heteroatoms. The summed E-state index contributed by atoms with van der Waals surface area (Å²) in [7, 11) is 0. The van der Waals surface area contributed by atoms with Gasteiger partial charge in [-0.25, -0.2) is 0 Å². The van der Waals surface area contributed by atoms with E-state index in [1.807, 2.05) is 48.2 Å². The summed E-state index contributed by atoms with van der Waals surface area (Å²) in [6.07, 6.45) is 4.36. The lowest BCUT2D eigenvalue weighted by Gasteiger charge is -2.30. The van der Waals surface area contributed by atoms with Crippen LogP contribution in [0.25, 0.3) is 0 Å². The van der Waals surface area contributed by atoms with Gasteiger partial charge in [0.25, 0.3) is 5.91 Å². The highest BCUT2D eigenvalue weighted by atomic mass is 16.2. The third-order valence-corrected chi connectivity index (χ3v) is 5.96. The Labute approximate surface area is 172 Å². The maximum Gasteiger partial charge on any atom is 0.251 e. The summed E-state index contributed by atoms with van der Waals surface area (Å²) in [5.74, 6) is -0.0327. The monoisotopic (exact) mass is 388 g/mol. The van der Waals surface area contributed by atoms with Crippen LogP contribution in [-0.4, -0.2) is 22.8 Å². The molecule has 0 bridgehead atoms. The predicted molar refractivity (Wildman–Crippen MR) is 114 cm³/mol. The largest absolute Gasteiger partial charge is 0.352 e. The van der Waals surface area contributed by atoms with Gasteiger partial charge in [0.2, 0.25) is 5.91 Å². The molecule has 1 atom stereocenters. The summed E-state index contributed by atoms with van der Waals surface area (Å²) in [4.78, 5) is 27.8. The van der Waals surface area contributed by atoms with Crippen molar-refractivity contribution in [3.63, 3.8) is 0 Å². The molecule has 0 radical (unpaired) electrons. The molecule has 1 aliphatic carbocycles. The minimum atomic E-state index is -0.0757. The molecule has 1 heterocycles. The fourth-order valence-electron chi connectivity index (χ4n) is 4.54. The standard InChI is InChI=1S/C25H28N2O2/c1-18-8-7-11-20(14-18)16-26-24(28)15-22-21-12-5-6-13-23(21)27(25(22)29)17-19-9-3-2-4-10-19/h2-4,7-11,14,23H,5-6,12-13,15-17H2,1H3,(H,26,28). The second-order valence-electron chi connectivity index (χ2n) is 8.13. The minimum absolute atomic E-state index is 0.0430. The van der Waals surface area contributed by atoms with Gasteiger partial charge in [-0.15, -0.1) is 0 Å². The minimum Gasteiger partial charge on any atom is -0.352 e. The number of benzene rings is 2. The van der Waals surface area contributed by atoms with Crippen molar-refractivity contribution in [2.45, 2.75) is 58.2 Å². The summed E-state index contributed by atoms with van der Waals surface area (Å²) in [5, 5.41) is 2.99. The number of amides is 2. The molecule has 150 valence electrons. The van der Waals surface area contributed by atoms with Crippen LogP contribution < -0.4 is 5.32 Å². The molecule has 2 aromatic rings. The number of rotatable bonds is 6. The maximum absolute atomic E-state index is 13.2. The number of fused-ring (bicyclic) bond motifs is 1. The summed E-state index contributed by atoms with van der Waals surface area (Å²) in [5.41, 5.74) is 5.32. The number of nitrogens with one attached hydrogen (secondary N) is 1. The maximum atomic E-state index is 13.2. The first-order chi connectivity index (χ1) is 14.1. The molecule has 4 nitrogen and oxygen atoms in total. The molecule has 1 N–H and O–H groups in total. The van der Waals surface area contributed by atoms with Gasteiger partial charge in [0, 0.05) is 18.7 Å². The highest BCUT2D eigenvalue weighted by Gasteiger charge is 2.40. The van der Waals surface area contributed by atoms with Crippen LogP contribution in [0, 0.1) is 6.92 Å². The highest BCUT2D eigenvalue weighted by molar-refractivity contribution is 6.02. The average Bonchev–Trinajstić information content (AvgIpc) is 2.99. The third-order valence-electron chi connectivity index (χ3n) is 5.96. The van der Waals surface area contributed by atoms with Crippen LogP contribution in [-0.2, 0) is 22.7 Å². The van der Waals surface area contributed by atoms with E-state index in [4.69, 9.17) is 0 Å². The van der Waals surface area contributed by atoms with Crippen molar-refractivity contribution >= 4 is 11.8 Å². The van der Waals surface area contributed by atoms with Crippen LogP contribution in [0.15, 0.2) is 65.7 Å². The van der Waals surface area contributed by atoms with Gasteiger partial charge in [0.15, 0.2) is 0 Å². The van der Waals surface area contributed by atoms with Crippen molar-refractivity contribution in [3.05, 3.63) is 82.4 Å². The Kier molecular flexibility index (Phi) is 5.79. The molecule has 0 aromatic heterocycles. The van der Waals surface area contributed by atoms with E-state index in [-0.39, 0.29) is 24.3 Å². The SMILES string of the molecule is Cc1cccc(CNC(=O)CC2=C3CCCCC3N(Cc3ccccc3)C2=O)c1. The van der Waals surface area contributed by atoms with Crippen LogP contribution in [0.4, 0.5) is 0 Å². The number of hydrogen-bond donors (Lipinski definition) is 1. The molecule has 0 spiro atoms. The quantitative estimate of drug-likeness (QED) is 0.803. The van der Waals surface area contributed by atoms with E-state index < -0.39 is 0 Å². The molecular formula is C25H28N2O2. The molecule has 4 rings (SSSR count). The van der Waals surface area contributed by atoms with Crippen LogP contribution in [0.1, 0.15) is 48.8 Å². The molecular weight excluding hydrogens is 360 g/mol. The van der Waals surface area contributed by atoms with Gasteiger partial charge in [-0.2, -0.15) is 0 Å². The van der Waals surface area contributed by atoms with Crippen molar-refractivity contribution in [1.29, 1.82) is 0 Å². The fourth-order valence-corrected chi connectivity index (χ4v) is 4.54. The van der Waals surface area contributed by atoms with E-state index in [2.05, 4.69) is 23.5 Å². The van der Waals surface area contributed by atoms with Crippen LogP contribution in [0.2, 0.25) is 0 Å². The van der Waals surface area contributed by atoms with Crippen LogP contribution in [0.5, 0.6) is 0 Å². The van der Waals surface area contributed by atoms with E-state index in [1.165, 1.54) is 11.1 Å². The number of hydrogen-bond acceptors (Lipinski definition) is 2. The van der Waals surface area contributed by atoms with Crippen molar-refractivity contribution < 1.29 is 9.59 Å². The second-order valence-corrected chi connectivity index (χ2v) is 8.13. The van der Waals surface area contributed by atoms with Gasteiger partial charge in [-0.3, -0.25) is 9.59 Å². The Morgan fingerprint density at radius 3 is 2.66 bits per heavy atom. The van der Waals surface area contributed by atoms with Gasteiger partial charge in [0.1, 0.15) is 0 Å². The van der Waals surface area contributed by atoms with Gasteiger partial charge in [-0.05, 0) is 42.9 Å². The molecule has 1 unspecified atom stereocenters. The number of carbonyl (C=O) groups is 2. The Bertz CT molecular complexity index is 933. The lowest BCUT2D eigenvalue weighted by molar-refractivity contribution is -0.129. The van der Waals surface area contributed by atoms with Gasteiger partial charge in [0.05, 0.1) is 12.5 Å². The summed E-state index contributed by atoms with van der Waals surface area (Å²) in [6.45, 7) is 3.15. The Morgan fingerprint density at radius 2 is 1.86 bits per heavy atom. The van der Waals surface area contributed by atoms with E-state index in [0.717, 1.165) is 42.4 Å². The van der Waals surface area contributed by atoms with Crippen molar-refractivity contribution in [3.8, 4) is 0 Å². The smallest absolute Gasteiger partial charge is 0.251 e. The van der Waals surface area contributed by atoms with Gasteiger partial charge >= 0.3 is 0 Å². The Hall–Kier alpha value is -2.88. The Balaban J connectivity index is 1.45. The van der Waals surface area contributed by atoms with Crippen molar-refractivity contribution in [1.82, 2.24) is 10.2 Å². The number of carbonyl (C=O) groups excluding carboxylic acids is 2. The lowest BCUT2D eigenvalue weighted by atomic mass is 9.88. The van der Waals surface area contributed by atoms with Gasteiger partial charge in [-0.1, -0.05) is 66.6 Å². The first kappa shape index (κ1) is 19.4. The Morgan fingerprint density at radius 1 is 1.07 bits per heavy atom. The second kappa shape index (κ2) is 8.64. The molecule has 2 aromatic carbocycles. The molecule has 2 aliphatic rings. The molecule has 1 aliphatic heterocycles. The van der Waals surface area contributed by atoms with E-state index >= 15 is 0 Å². The zero-order valence-electron chi connectivity index (χ0n) is 17.0. The van der Waals surface area contributed by atoms with Crippen LogP contribution in [0.3, 0.4) is 0 Å². The van der Waals surface area contributed by atoms with Gasteiger partial charge < -0.3 is 10.2 Å². The molecule has 29 heavy (non-hydrogen) atoms. The number of aryl methyl sites for hydroxylation is 1. The van der Waals surface area contributed by atoms with Crippen molar-refractivity contribution in [2.24, 2.45) is 0 Å². The first-order valence-electron chi connectivity index (χ1n) is 10.5. The predicted octanol–water partition coefficient (Wildman–Crippen LogP) is 4.28. The highest BCUT2D eigenvalue weighted by Crippen LogP contribution is 2.38. The topological polar surface area (TPSA) is 49.4 Å². The molecule has 2 amide bonds. The zero-order valence-corrected chi connectivity index (χ0v) is 17.0. The third kappa shape index (κ3) is 4.42. The lowest BCUT2D eigenvalue weighted by Crippen LogP contribution is -2.36. The number of nitrogens with zero attached hydrogens (tertiary/aromatic N) is 1.